The first-order valence-corrected chi connectivity index (χ1v) is 6.07. The Hall–Kier alpha value is -1.11. The molecular weight excluding hydrogens is 196 g/mol. The Morgan fingerprint density at radius 3 is 2.62 bits per heavy atom. The molecule has 0 aliphatic heterocycles. The van der Waals surface area contributed by atoms with E-state index in [-0.39, 0.29) is 11.2 Å². The Morgan fingerprint density at radius 2 is 2.00 bits per heavy atom. The molecule has 1 nitrogen and oxygen atoms in total. The second-order valence-electron chi connectivity index (χ2n) is 5.93. The molecule has 0 spiro atoms. The first-order valence-electron chi connectivity index (χ1n) is 6.07. The summed E-state index contributed by atoms with van der Waals surface area (Å²) in [5, 5.41) is 0. The Balaban J connectivity index is 2.36. The van der Waals surface area contributed by atoms with Gasteiger partial charge in [0, 0.05) is 11.0 Å². The minimum atomic E-state index is -0.279. The van der Waals surface area contributed by atoms with Crippen LogP contribution >= 0.6 is 0 Å². The van der Waals surface area contributed by atoms with Crippen LogP contribution in [-0.4, -0.2) is 5.78 Å². The number of benzene rings is 1. The van der Waals surface area contributed by atoms with E-state index in [1.807, 2.05) is 26.8 Å². The fourth-order valence-electron chi connectivity index (χ4n) is 2.40. The van der Waals surface area contributed by atoms with Crippen molar-refractivity contribution < 1.29 is 4.79 Å². The summed E-state index contributed by atoms with van der Waals surface area (Å²) in [7, 11) is 0. The summed E-state index contributed by atoms with van der Waals surface area (Å²) in [6.45, 7) is 8.19. The molecule has 1 unspecified atom stereocenters. The zero-order chi connectivity index (χ0) is 11.9. The highest BCUT2D eigenvalue weighted by Gasteiger charge is 2.25. The number of Topliss-reactive ketones (excluding diaryl/α,β-unsaturated/α-hetero) is 1. The molecule has 1 atom stereocenters. The minimum Gasteiger partial charge on any atom is -0.294 e. The van der Waals surface area contributed by atoms with Crippen molar-refractivity contribution >= 4 is 5.78 Å². The Morgan fingerprint density at radius 1 is 1.31 bits per heavy atom. The number of carbonyl (C=O) groups excluding carboxylic acids is 1. The first-order chi connectivity index (χ1) is 7.39. The summed E-state index contributed by atoms with van der Waals surface area (Å²) < 4.78 is 0. The Kier molecular flexibility index (Phi) is 2.65. The third kappa shape index (κ3) is 1.91. The summed E-state index contributed by atoms with van der Waals surface area (Å²) in [5.41, 5.74) is 3.41. The van der Waals surface area contributed by atoms with Gasteiger partial charge in [0.2, 0.25) is 0 Å². The van der Waals surface area contributed by atoms with E-state index >= 15 is 0 Å². The number of carbonyl (C=O) groups is 1. The molecule has 1 aromatic rings. The van der Waals surface area contributed by atoms with Crippen LogP contribution in [0, 0.1) is 5.41 Å². The third-order valence-corrected chi connectivity index (χ3v) is 3.46. The highest BCUT2D eigenvalue weighted by atomic mass is 16.1. The van der Waals surface area contributed by atoms with Crippen LogP contribution in [0.25, 0.3) is 0 Å². The second kappa shape index (κ2) is 3.73. The summed E-state index contributed by atoms with van der Waals surface area (Å²) in [5.74, 6) is 0.906. The molecule has 1 aromatic carbocycles. The number of rotatable bonds is 1. The van der Waals surface area contributed by atoms with E-state index in [9.17, 15) is 4.79 Å². The molecule has 0 N–H and O–H groups in total. The Bertz CT molecular complexity index is 424. The lowest BCUT2D eigenvalue weighted by Gasteiger charge is -2.17. The normalized spacial score (nSPS) is 19.6. The molecule has 2 rings (SSSR count). The van der Waals surface area contributed by atoms with E-state index in [1.165, 1.54) is 17.5 Å². The summed E-state index contributed by atoms with van der Waals surface area (Å²) >= 11 is 0. The van der Waals surface area contributed by atoms with Gasteiger partial charge in [0.05, 0.1) is 0 Å². The average molecular weight is 216 g/mol. The van der Waals surface area contributed by atoms with Crippen LogP contribution in [0.4, 0.5) is 0 Å². The molecule has 0 aromatic heterocycles. The molecule has 0 saturated heterocycles. The molecule has 0 saturated carbocycles. The van der Waals surface area contributed by atoms with Crippen molar-refractivity contribution in [1.29, 1.82) is 0 Å². The van der Waals surface area contributed by atoms with Crippen LogP contribution in [0.2, 0.25) is 0 Å². The maximum atomic E-state index is 12.1. The molecule has 0 amide bonds. The van der Waals surface area contributed by atoms with Crippen LogP contribution in [0.15, 0.2) is 18.2 Å². The first kappa shape index (κ1) is 11.4. The monoisotopic (exact) mass is 216 g/mol. The minimum absolute atomic E-state index is 0.245. The smallest absolute Gasteiger partial charge is 0.168 e. The molecule has 0 fully saturated rings. The fourth-order valence-corrected chi connectivity index (χ4v) is 2.40. The van der Waals surface area contributed by atoms with Crippen LogP contribution in [0.1, 0.15) is 61.5 Å². The standard InChI is InChI=1S/C15H20O/c1-10-5-6-11-9-12(7-8-13(10)11)14(16)15(2,3)4/h7-10H,5-6H2,1-4H3. The zero-order valence-corrected chi connectivity index (χ0v) is 10.6. The van der Waals surface area contributed by atoms with Gasteiger partial charge in [-0.05, 0) is 36.0 Å². The number of ketones is 1. The van der Waals surface area contributed by atoms with E-state index in [1.54, 1.807) is 0 Å². The molecule has 0 radical (unpaired) electrons. The zero-order valence-electron chi connectivity index (χ0n) is 10.6. The maximum absolute atomic E-state index is 12.1. The van der Waals surface area contributed by atoms with E-state index in [2.05, 4.69) is 19.1 Å². The molecular formula is C15H20O. The predicted octanol–water partition coefficient (Wildman–Crippen LogP) is 3.97. The van der Waals surface area contributed by atoms with E-state index < -0.39 is 0 Å². The lowest BCUT2D eigenvalue weighted by molar-refractivity contribution is 0.0858. The molecule has 0 heterocycles. The van der Waals surface area contributed by atoms with Crippen LogP contribution in [0.3, 0.4) is 0 Å². The van der Waals surface area contributed by atoms with Crippen molar-refractivity contribution in [2.45, 2.75) is 46.5 Å². The molecule has 86 valence electrons. The van der Waals surface area contributed by atoms with Gasteiger partial charge in [-0.2, -0.15) is 0 Å². The molecule has 1 heteroatoms. The van der Waals surface area contributed by atoms with Crippen LogP contribution < -0.4 is 0 Å². The van der Waals surface area contributed by atoms with Gasteiger partial charge in [0.15, 0.2) is 5.78 Å². The van der Waals surface area contributed by atoms with Gasteiger partial charge >= 0.3 is 0 Å². The average Bonchev–Trinajstić information content (AvgIpc) is 2.57. The topological polar surface area (TPSA) is 17.1 Å². The SMILES string of the molecule is CC1CCc2cc(C(=O)C(C)(C)C)ccc21. The van der Waals surface area contributed by atoms with Crippen molar-refractivity contribution in [3.63, 3.8) is 0 Å². The number of aryl methyl sites for hydroxylation is 1. The summed E-state index contributed by atoms with van der Waals surface area (Å²) in [6.07, 6.45) is 2.35. The maximum Gasteiger partial charge on any atom is 0.168 e. The van der Waals surface area contributed by atoms with Crippen molar-refractivity contribution in [1.82, 2.24) is 0 Å². The van der Waals surface area contributed by atoms with Gasteiger partial charge in [-0.1, -0.05) is 39.8 Å². The fraction of sp³-hybridized carbons (Fsp3) is 0.533. The molecule has 16 heavy (non-hydrogen) atoms. The number of hydrogen-bond acceptors (Lipinski definition) is 1. The van der Waals surface area contributed by atoms with Crippen molar-refractivity contribution in [2.75, 3.05) is 0 Å². The van der Waals surface area contributed by atoms with E-state index in [0.29, 0.717) is 5.92 Å². The predicted molar refractivity (Wildman–Crippen MR) is 67.0 cm³/mol. The summed E-state index contributed by atoms with van der Waals surface area (Å²) in [6, 6.07) is 6.24. The highest BCUT2D eigenvalue weighted by Crippen LogP contribution is 2.34. The van der Waals surface area contributed by atoms with Crippen LogP contribution in [-0.2, 0) is 6.42 Å². The second-order valence-corrected chi connectivity index (χ2v) is 5.93. The lowest BCUT2D eigenvalue weighted by Crippen LogP contribution is -2.20. The third-order valence-electron chi connectivity index (χ3n) is 3.46. The van der Waals surface area contributed by atoms with Gasteiger partial charge in [-0.3, -0.25) is 4.79 Å². The molecule has 0 bridgehead atoms. The van der Waals surface area contributed by atoms with E-state index in [4.69, 9.17) is 0 Å². The van der Waals surface area contributed by atoms with Gasteiger partial charge in [0.25, 0.3) is 0 Å². The van der Waals surface area contributed by atoms with Crippen molar-refractivity contribution in [2.24, 2.45) is 5.41 Å². The van der Waals surface area contributed by atoms with Gasteiger partial charge in [-0.25, -0.2) is 0 Å². The Labute approximate surface area is 97.9 Å². The van der Waals surface area contributed by atoms with Crippen molar-refractivity contribution in [3.05, 3.63) is 34.9 Å². The number of fused-ring (bicyclic) bond motifs is 1. The van der Waals surface area contributed by atoms with Gasteiger partial charge in [-0.15, -0.1) is 0 Å². The highest BCUT2D eigenvalue weighted by molar-refractivity contribution is 6.00. The van der Waals surface area contributed by atoms with Gasteiger partial charge < -0.3 is 0 Å². The number of hydrogen-bond donors (Lipinski definition) is 0. The molecule has 1 aliphatic carbocycles. The summed E-state index contributed by atoms with van der Waals surface area (Å²) in [4.78, 5) is 12.1. The largest absolute Gasteiger partial charge is 0.294 e. The van der Waals surface area contributed by atoms with Crippen molar-refractivity contribution in [3.8, 4) is 0 Å². The van der Waals surface area contributed by atoms with Gasteiger partial charge in [0.1, 0.15) is 0 Å². The molecule has 1 aliphatic rings. The lowest BCUT2D eigenvalue weighted by atomic mass is 9.85. The quantitative estimate of drug-likeness (QED) is 0.649. The van der Waals surface area contributed by atoms with E-state index in [0.717, 1.165) is 12.0 Å². The van der Waals surface area contributed by atoms with Crippen LogP contribution in [0.5, 0.6) is 0 Å².